The van der Waals surface area contributed by atoms with E-state index in [1.807, 2.05) is 6.21 Å². The van der Waals surface area contributed by atoms with Gasteiger partial charge in [0.25, 0.3) is 0 Å². The molecule has 4 N–H and O–H groups in total. The number of hydrogen-bond acceptors (Lipinski definition) is 4. The van der Waals surface area contributed by atoms with Gasteiger partial charge < -0.3 is 16.3 Å². The number of nitrogens with two attached hydrogens (primary N) is 1. The number of hydrazone groups is 1. The first kappa shape index (κ1) is 8.97. The summed E-state index contributed by atoms with van der Waals surface area (Å²) >= 11 is 0. The summed E-state index contributed by atoms with van der Waals surface area (Å²) in [4.78, 5) is 0. The fourth-order valence-corrected chi connectivity index (χ4v) is 2.34. The Labute approximate surface area is 78.2 Å². The fourth-order valence-electron chi connectivity index (χ4n) is 2.34. The van der Waals surface area contributed by atoms with Crippen molar-refractivity contribution >= 4 is 6.21 Å². The minimum atomic E-state index is -0.324. The molecule has 1 aliphatic heterocycles. The van der Waals surface area contributed by atoms with E-state index in [2.05, 4.69) is 10.5 Å². The number of nitrogens with one attached hydrogen (secondary N) is 1. The summed E-state index contributed by atoms with van der Waals surface area (Å²) in [5, 5.41) is 13.7. The molecule has 1 fully saturated rings. The fraction of sp³-hybridized carbons (Fsp3) is 0.889. The van der Waals surface area contributed by atoms with Gasteiger partial charge in [0.15, 0.2) is 0 Å². The Bertz CT molecular complexity index is 207. The van der Waals surface area contributed by atoms with Gasteiger partial charge in [-0.2, -0.15) is 5.10 Å². The maximum Gasteiger partial charge on any atom is 0.0690 e. The molecule has 4 atom stereocenters. The monoisotopic (exact) mass is 183 g/mol. The number of aliphatic hydroxyl groups excluding tert-OH is 1. The van der Waals surface area contributed by atoms with Gasteiger partial charge in [-0.05, 0) is 25.2 Å². The van der Waals surface area contributed by atoms with E-state index in [1.165, 1.54) is 0 Å². The minimum Gasteiger partial charge on any atom is -0.392 e. The highest BCUT2D eigenvalue weighted by Gasteiger charge is 2.34. The second kappa shape index (κ2) is 3.64. The third kappa shape index (κ3) is 1.69. The van der Waals surface area contributed by atoms with Crippen molar-refractivity contribution in [3.63, 3.8) is 0 Å². The topological polar surface area (TPSA) is 70.6 Å². The molecular formula is C9H17N3O. The van der Waals surface area contributed by atoms with Crippen LogP contribution in [0, 0.1) is 11.8 Å². The van der Waals surface area contributed by atoms with Gasteiger partial charge in [0.1, 0.15) is 0 Å². The molecule has 0 aromatic heterocycles. The van der Waals surface area contributed by atoms with Crippen LogP contribution in [0.3, 0.4) is 0 Å². The Morgan fingerprint density at radius 1 is 1.62 bits per heavy atom. The first-order valence-electron chi connectivity index (χ1n) is 4.98. The Balaban J connectivity index is 1.92. The quantitative estimate of drug-likeness (QED) is 0.549. The van der Waals surface area contributed by atoms with Gasteiger partial charge >= 0.3 is 0 Å². The van der Waals surface area contributed by atoms with Crippen molar-refractivity contribution in [3.8, 4) is 0 Å². The van der Waals surface area contributed by atoms with E-state index in [9.17, 15) is 5.11 Å². The zero-order valence-corrected chi connectivity index (χ0v) is 7.69. The molecule has 0 spiro atoms. The molecule has 74 valence electrons. The lowest BCUT2D eigenvalue weighted by atomic mass is 9.77. The minimum absolute atomic E-state index is 0.324. The van der Waals surface area contributed by atoms with Crippen molar-refractivity contribution in [2.75, 3.05) is 6.54 Å². The molecule has 0 amide bonds. The van der Waals surface area contributed by atoms with Crippen LogP contribution in [0.15, 0.2) is 5.10 Å². The Kier molecular flexibility index (Phi) is 2.51. The van der Waals surface area contributed by atoms with E-state index in [-0.39, 0.29) is 6.10 Å². The van der Waals surface area contributed by atoms with Crippen LogP contribution in [0.4, 0.5) is 0 Å². The average molecular weight is 183 g/mol. The van der Waals surface area contributed by atoms with Gasteiger partial charge in [0, 0.05) is 18.7 Å². The van der Waals surface area contributed by atoms with Crippen molar-refractivity contribution in [1.29, 1.82) is 0 Å². The molecule has 4 unspecified atom stereocenters. The highest BCUT2D eigenvalue weighted by atomic mass is 16.3. The molecule has 13 heavy (non-hydrogen) atoms. The highest BCUT2D eigenvalue weighted by molar-refractivity contribution is 5.63. The summed E-state index contributed by atoms with van der Waals surface area (Å²) in [6, 6.07) is 0.515. The van der Waals surface area contributed by atoms with Gasteiger partial charge in [0.05, 0.1) is 12.1 Å². The molecule has 0 bridgehead atoms. The van der Waals surface area contributed by atoms with Gasteiger partial charge in [-0.25, -0.2) is 0 Å². The molecule has 0 aromatic carbocycles. The molecule has 0 saturated heterocycles. The van der Waals surface area contributed by atoms with Crippen LogP contribution in [0.2, 0.25) is 0 Å². The summed E-state index contributed by atoms with van der Waals surface area (Å²) in [7, 11) is 0. The molecule has 4 heteroatoms. The van der Waals surface area contributed by atoms with Crippen molar-refractivity contribution in [2.24, 2.45) is 22.7 Å². The van der Waals surface area contributed by atoms with Crippen molar-refractivity contribution in [2.45, 2.75) is 31.4 Å². The third-order valence-electron chi connectivity index (χ3n) is 3.23. The van der Waals surface area contributed by atoms with Crippen LogP contribution in [-0.2, 0) is 0 Å². The zero-order valence-electron chi connectivity index (χ0n) is 7.69. The van der Waals surface area contributed by atoms with Crippen molar-refractivity contribution in [3.05, 3.63) is 0 Å². The molecule has 0 aromatic rings. The van der Waals surface area contributed by atoms with Crippen LogP contribution in [0.1, 0.15) is 19.3 Å². The van der Waals surface area contributed by atoms with E-state index in [1.54, 1.807) is 0 Å². The Morgan fingerprint density at radius 2 is 2.46 bits per heavy atom. The van der Waals surface area contributed by atoms with Crippen molar-refractivity contribution in [1.82, 2.24) is 5.43 Å². The first-order valence-corrected chi connectivity index (χ1v) is 4.98. The highest BCUT2D eigenvalue weighted by Crippen LogP contribution is 2.32. The van der Waals surface area contributed by atoms with Gasteiger partial charge in [-0.15, -0.1) is 0 Å². The standard InChI is InChI=1S/C9H17N3O/c10-4-9(13)6-1-2-8-7(3-6)5-11-12-8/h5-9,12-13H,1-4,10H2. The number of hydrogen-bond donors (Lipinski definition) is 3. The zero-order chi connectivity index (χ0) is 9.26. The van der Waals surface area contributed by atoms with Crippen LogP contribution < -0.4 is 11.2 Å². The SMILES string of the molecule is NCC(O)C1CCC2NN=CC2C1. The van der Waals surface area contributed by atoms with Crippen LogP contribution in [0.25, 0.3) is 0 Å². The van der Waals surface area contributed by atoms with Crippen LogP contribution in [-0.4, -0.2) is 30.0 Å². The normalized spacial score (nSPS) is 39.7. The van der Waals surface area contributed by atoms with Gasteiger partial charge in [-0.1, -0.05) is 0 Å². The molecule has 2 rings (SSSR count). The molecule has 1 saturated carbocycles. The maximum atomic E-state index is 9.61. The van der Waals surface area contributed by atoms with Gasteiger partial charge in [0.2, 0.25) is 0 Å². The number of rotatable bonds is 2. The van der Waals surface area contributed by atoms with E-state index in [0.717, 1.165) is 19.3 Å². The molecule has 2 aliphatic rings. The Hall–Kier alpha value is -0.610. The molecule has 4 nitrogen and oxygen atoms in total. The maximum absolute atomic E-state index is 9.61. The Morgan fingerprint density at radius 3 is 3.23 bits per heavy atom. The summed E-state index contributed by atoms with van der Waals surface area (Å²) in [5.41, 5.74) is 8.53. The molecule has 0 radical (unpaired) electrons. The second-order valence-electron chi connectivity index (χ2n) is 4.05. The summed E-state index contributed by atoms with van der Waals surface area (Å²) < 4.78 is 0. The van der Waals surface area contributed by atoms with Crippen LogP contribution in [0.5, 0.6) is 0 Å². The van der Waals surface area contributed by atoms with E-state index in [4.69, 9.17) is 5.73 Å². The predicted molar refractivity (Wildman–Crippen MR) is 51.3 cm³/mol. The van der Waals surface area contributed by atoms with Crippen molar-refractivity contribution < 1.29 is 5.11 Å². The number of nitrogens with zero attached hydrogens (tertiary/aromatic N) is 1. The van der Waals surface area contributed by atoms with Gasteiger partial charge in [-0.3, -0.25) is 0 Å². The number of aliphatic hydroxyl groups is 1. The van der Waals surface area contributed by atoms with Crippen LogP contribution >= 0.6 is 0 Å². The molecule has 1 heterocycles. The smallest absolute Gasteiger partial charge is 0.0690 e. The second-order valence-corrected chi connectivity index (χ2v) is 4.05. The number of fused-ring (bicyclic) bond motifs is 1. The lowest BCUT2D eigenvalue weighted by Gasteiger charge is -2.32. The molecule has 1 aliphatic carbocycles. The molecular weight excluding hydrogens is 166 g/mol. The van der Waals surface area contributed by atoms with E-state index >= 15 is 0 Å². The largest absolute Gasteiger partial charge is 0.392 e. The lowest BCUT2D eigenvalue weighted by Crippen LogP contribution is -2.39. The van der Waals surface area contributed by atoms with E-state index < -0.39 is 0 Å². The lowest BCUT2D eigenvalue weighted by molar-refractivity contribution is 0.0791. The summed E-state index contributed by atoms with van der Waals surface area (Å²) in [6.45, 7) is 0.382. The summed E-state index contributed by atoms with van der Waals surface area (Å²) in [5.74, 6) is 0.887. The average Bonchev–Trinajstić information content (AvgIpc) is 2.63. The third-order valence-corrected chi connectivity index (χ3v) is 3.23. The summed E-state index contributed by atoms with van der Waals surface area (Å²) in [6.07, 6.45) is 4.84. The van der Waals surface area contributed by atoms with E-state index in [0.29, 0.717) is 24.4 Å². The predicted octanol–water partition coefficient (Wildman–Crippen LogP) is -0.320. The first-order chi connectivity index (χ1) is 6.31.